The van der Waals surface area contributed by atoms with Gasteiger partial charge in [0.1, 0.15) is 5.75 Å². The highest BCUT2D eigenvalue weighted by molar-refractivity contribution is 8.14. The molecule has 1 aromatic rings. The van der Waals surface area contributed by atoms with E-state index in [1.54, 1.807) is 7.11 Å². The molecular weight excluding hydrogens is 280 g/mol. The van der Waals surface area contributed by atoms with Crippen LogP contribution in [0, 0.1) is 12.8 Å². The second-order valence-electron chi connectivity index (χ2n) is 6.44. The normalized spacial score (nSPS) is 28.5. The van der Waals surface area contributed by atoms with Gasteiger partial charge in [0, 0.05) is 5.75 Å². The maximum Gasteiger partial charge on any atom is 0.161 e. The lowest BCUT2D eigenvalue weighted by Crippen LogP contribution is -2.32. The van der Waals surface area contributed by atoms with Gasteiger partial charge in [-0.25, -0.2) is 0 Å². The van der Waals surface area contributed by atoms with Crippen molar-refractivity contribution in [2.24, 2.45) is 10.9 Å². The molecule has 1 saturated carbocycles. The number of ether oxygens (including phenoxy) is 1. The third-order valence-electron chi connectivity index (χ3n) is 4.62. The molecule has 1 aromatic carbocycles. The summed E-state index contributed by atoms with van der Waals surface area (Å²) in [5.74, 6) is 2.86. The first-order valence-electron chi connectivity index (χ1n) is 7.74. The van der Waals surface area contributed by atoms with Gasteiger partial charge in [0.05, 0.1) is 18.3 Å². The number of benzene rings is 1. The summed E-state index contributed by atoms with van der Waals surface area (Å²) >= 11 is 1.85. The minimum absolute atomic E-state index is 0.191. The highest BCUT2D eigenvalue weighted by atomic mass is 32.2. The van der Waals surface area contributed by atoms with Crippen molar-refractivity contribution in [2.45, 2.75) is 45.1 Å². The van der Waals surface area contributed by atoms with E-state index < -0.39 is 0 Å². The summed E-state index contributed by atoms with van der Waals surface area (Å²) in [6.07, 6.45) is 5.09. The van der Waals surface area contributed by atoms with Gasteiger partial charge in [-0.2, -0.15) is 0 Å². The van der Waals surface area contributed by atoms with E-state index in [9.17, 15) is 0 Å². The summed E-state index contributed by atoms with van der Waals surface area (Å²) in [5.41, 5.74) is 2.43. The molecule has 0 unspecified atom stereocenters. The van der Waals surface area contributed by atoms with Crippen LogP contribution >= 0.6 is 11.8 Å². The topological polar surface area (TPSA) is 33.6 Å². The average Bonchev–Trinajstić information content (AvgIpc) is 2.86. The highest BCUT2D eigenvalue weighted by Crippen LogP contribution is 2.42. The average molecular weight is 304 g/mol. The smallest absolute Gasteiger partial charge is 0.161 e. The van der Waals surface area contributed by atoms with Crippen LogP contribution in [0.5, 0.6) is 5.75 Å². The Kier molecular flexibility index (Phi) is 4.16. The van der Waals surface area contributed by atoms with Gasteiger partial charge in [0.15, 0.2) is 5.17 Å². The van der Waals surface area contributed by atoms with E-state index in [-0.39, 0.29) is 5.54 Å². The number of nitrogens with one attached hydrogen (secondary N) is 1. The Morgan fingerprint density at radius 3 is 2.81 bits per heavy atom. The first-order valence-corrected chi connectivity index (χ1v) is 8.73. The molecule has 114 valence electrons. The molecule has 1 aliphatic carbocycles. The number of nitrogens with zero attached hydrogens (tertiary/aromatic N) is 1. The lowest BCUT2D eigenvalue weighted by atomic mass is 9.79. The van der Waals surface area contributed by atoms with Crippen LogP contribution in [-0.2, 0) is 0 Å². The third-order valence-corrected chi connectivity index (χ3v) is 5.77. The molecule has 21 heavy (non-hydrogen) atoms. The molecule has 0 saturated heterocycles. The first-order chi connectivity index (χ1) is 10.1. The fourth-order valence-corrected chi connectivity index (χ4v) is 4.34. The van der Waals surface area contributed by atoms with Crippen molar-refractivity contribution in [2.75, 3.05) is 18.2 Å². The van der Waals surface area contributed by atoms with Crippen LogP contribution < -0.4 is 10.1 Å². The molecule has 1 heterocycles. The van der Waals surface area contributed by atoms with Crippen molar-refractivity contribution in [3.8, 4) is 5.75 Å². The summed E-state index contributed by atoms with van der Waals surface area (Å²) in [6.45, 7) is 4.45. The SMILES string of the molecule is COc1ccc(C)cc1NC1=NC2(CCC(C)CC2)CS1. The molecule has 1 aliphatic heterocycles. The van der Waals surface area contributed by atoms with Crippen molar-refractivity contribution in [1.29, 1.82) is 0 Å². The Morgan fingerprint density at radius 1 is 1.33 bits per heavy atom. The summed E-state index contributed by atoms with van der Waals surface area (Å²) in [4.78, 5) is 5.03. The van der Waals surface area contributed by atoms with E-state index in [0.717, 1.165) is 28.3 Å². The quantitative estimate of drug-likeness (QED) is 0.875. The van der Waals surface area contributed by atoms with Crippen LogP contribution in [0.4, 0.5) is 5.69 Å². The van der Waals surface area contributed by atoms with Crippen molar-refractivity contribution in [3.05, 3.63) is 23.8 Å². The molecule has 1 spiro atoms. The number of aryl methyl sites for hydroxylation is 1. The fraction of sp³-hybridized carbons (Fsp3) is 0.588. The van der Waals surface area contributed by atoms with Gasteiger partial charge in [-0.15, -0.1) is 0 Å². The predicted octanol–water partition coefficient (Wildman–Crippen LogP) is 4.47. The summed E-state index contributed by atoms with van der Waals surface area (Å²) in [5, 5.41) is 4.52. The number of rotatable bonds is 2. The van der Waals surface area contributed by atoms with Crippen molar-refractivity contribution in [3.63, 3.8) is 0 Å². The largest absolute Gasteiger partial charge is 0.495 e. The summed E-state index contributed by atoms with van der Waals surface area (Å²) in [7, 11) is 1.71. The van der Waals surface area contributed by atoms with E-state index >= 15 is 0 Å². The Balaban J connectivity index is 1.75. The second kappa shape index (κ2) is 5.91. The van der Waals surface area contributed by atoms with Gasteiger partial charge in [-0.05, 0) is 56.2 Å². The number of methoxy groups -OCH3 is 1. The standard InChI is InChI=1S/C17H24N2OS/c1-12-6-8-17(9-7-12)11-21-16(19-17)18-14-10-13(2)4-5-15(14)20-3/h4-5,10,12H,6-9,11H2,1-3H3,(H,18,19). The van der Waals surface area contributed by atoms with Gasteiger partial charge < -0.3 is 10.1 Å². The summed E-state index contributed by atoms with van der Waals surface area (Å²) in [6, 6.07) is 6.20. The Labute approximate surface area is 131 Å². The number of hydrogen-bond acceptors (Lipinski definition) is 4. The van der Waals surface area contributed by atoms with E-state index in [1.807, 2.05) is 17.8 Å². The zero-order valence-electron chi connectivity index (χ0n) is 13.1. The van der Waals surface area contributed by atoms with Crippen LogP contribution in [0.1, 0.15) is 38.2 Å². The van der Waals surface area contributed by atoms with Crippen LogP contribution in [0.15, 0.2) is 23.2 Å². The Morgan fingerprint density at radius 2 is 2.10 bits per heavy atom. The minimum atomic E-state index is 0.191. The van der Waals surface area contributed by atoms with Gasteiger partial charge in [0.25, 0.3) is 0 Å². The number of amidine groups is 1. The van der Waals surface area contributed by atoms with Crippen LogP contribution in [0.25, 0.3) is 0 Å². The lowest BCUT2D eigenvalue weighted by molar-refractivity contribution is 0.273. The van der Waals surface area contributed by atoms with E-state index in [2.05, 4.69) is 31.3 Å². The number of thioether (sulfide) groups is 1. The molecule has 0 bridgehead atoms. The molecule has 0 radical (unpaired) electrons. The molecule has 0 amide bonds. The minimum Gasteiger partial charge on any atom is -0.495 e. The number of aliphatic imine (C=N–C) groups is 1. The molecule has 4 heteroatoms. The molecular formula is C17H24N2OS. The monoisotopic (exact) mass is 304 g/mol. The van der Waals surface area contributed by atoms with Crippen LogP contribution in [0.2, 0.25) is 0 Å². The van der Waals surface area contributed by atoms with Gasteiger partial charge in [0.2, 0.25) is 0 Å². The maximum absolute atomic E-state index is 5.43. The molecule has 3 nitrogen and oxygen atoms in total. The molecule has 0 aromatic heterocycles. The Hall–Kier alpha value is -1.16. The van der Waals surface area contributed by atoms with E-state index in [4.69, 9.17) is 9.73 Å². The number of anilines is 1. The molecule has 1 N–H and O–H groups in total. The predicted molar refractivity (Wildman–Crippen MR) is 91.6 cm³/mol. The van der Waals surface area contributed by atoms with Crippen LogP contribution in [-0.4, -0.2) is 23.6 Å². The molecule has 1 fully saturated rings. The summed E-state index contributed by atoms with van der Waals surface area (Å²) < 4.78 is 5.43. The fourth-order valence-electron chi connectivity index (χ4n) is 3.14. The molecule has 3 rings (SSSR count). The van der Waals surface area contributed by atoms with E-state index in [1.165, 1.54) is 31.2 Å². The number of hydrogen-bond donors (Lipinski definition) is 1. The lowest BCUT2D eigenvalue weighted by Gasteiger charge is -2.32. The zero-order valence-corrected chi connectivity index (χ0v) is 13.9. The Bertz CT molecular complexity index is 548. The van der Waals surface area contributed by atoms with E-state index in [0.29, 0.717) is 0 Å². The van der Waals surface area contributed by atoms with Crippen LogP contribution in [0.3, 0.4) is 0 Å². The van der Waals surface area contributed by atoms with Gasteiger partial charge in [-0.3, -0.25) is 4.99 Å². The van der Waals surface area contributed by atoms with Gasteiger partial charge >= 0.3 is 0 Å². The molecule has 2 aliphatic rings. The second-order valence-corrected chi connectivity index (χ2v) is 7.41. The van der Waals surface area contributed by atoms with Crippen molar-refractivity contribution >= 4 is 22.6 Å². The maximum atomic E-state index is 5.43. The van der Waals surface area contributed by atoms with Gasteiger partial charge in [-0.1, -0.05) is 24.8 Å². The zero-order chi connectivity index (χ0) is 14.9. The first kappa shape index (κ1) is 14.8. The van der Waals surface area contributed by atoms with Crippen molar-refractivity contribution < 1.29 is 4.74 Å². The van der Waals surface area contributed by atoms with Crippen molar-refractivity contribution in [1.82, 2.24) is 0 Å². The molecule has 0 atom stereocenters. The highest BCUT2D eigenvalue weighted by Gasteiger charge is 2.38. The third kappa shape index (κ3) is 3.20.